The average Bonchev–Trinajstić information content (AvgIpc) is 3.38. The third-order valence-corrected chi connectivity index (χ3v) is 5.56. The number of nitrogens with zero attached hydrogens (tertiary/aromatic N) is 2. The van der Waals surface area contributed by atoms with E-state index in [0.29, 0.717) is 24.8 Å². The number of aromatic hydroxyl groups is 1. The van der Waals surface area contributed by atoms with Gasteiger partial charge >= 0.3 is 5.97 Å². The van der Waals surface area contributed by atoms with Crippen molar-refractivity contribution in [2.45, 2.75) is 18.8 Å². The Morgan fingerprint density at radius 3 is 2.54 bits per heavy atom. The lowest BCUT2D eigenvalue weighted by Gasteiger charge is -2.38. The quantitative estimate of drug-likeness (QED) is 0.754. The third kappa shape index (κ3) is 2.43. The summed E-state index contributed by atoms with van der Waals surface area (Å²) in [7, 11) is 0. The molecule has 1 aliphatic carbocycles. The van der Waals surface area contributed by atoms with Crippen LogP contribution in [0.25, 0.3) is 16.6 Å². The number of hydrogen-bond acceptors (Lipinski definition) is 3. The lowest BCUT2D eigenvalue weighted by molar-refractivity contribution is -0.142. The number of rotatable bonds is 4. The number of fused-ring (bicyclic) bond motifs is 1. The minimum absolute atomic E-state index is 0.282. The molecule has 2 fully saturated rings. The molecule has 3 aromatic rings. The van der Waals surface area contributed by atoms with Gasteiger partial charge in [-0.05, 0) is 54.7 Å². The van der Waals surface area contributed by atoms with Gasteiger partial charge in [-0.2, -0.15) is 0 Å². The van der Waals surface area contributed by atoms with Gasteiger partial charge in [-0.25, -0.2) is 0 Å². The topological polar surface area (TPSA) is 65.7 Å². The number of carboxylic acids is 1. The molecule has 0 atom stereocenters. The summed E-state index contributed by atoms with van der Waals surface area (Å²) in [6, 6.07) is 14.4. The molecule has 0 amide bonds. The van der Waals surface area contributed by atoms with Crippen LogP contribution in [0.15, 0.2) is 48.7 Å². The summed E-state index contributed by atoms with van der Waals surface area (Å²) in [5, 5.41) is 20.4. The molecule has 2 N–H and O–H groups in total. The second-order valence-electron chi connectivity index (χ2n) is 7.40. The Hall–Kier alpha value is -2.95. The van der Waals surface area contributed by atoms with Gasteiger partial charge in [0.1, 0.15) is 5.75 Å². The first-order valence-electron chi connectivity index (χ1n) is 9.02. The molecule has 5 nitrogen and oxygen atoms in total. The highest BCUT2D eigenvalue weighted by atomic mass is 16.4. The zero-order chi connectivity index (χ0) is 17.8. The highest BCUT2D eigenvalue weighted by Crippen LogP contribution is 2.42. The maximum Gasteiger partial charge on any atom is 0.310 e. The lowest BCUT2D eigenvalue weighted by Crippen LogP contribution is -2.50. The van der Waals surface area contributed by atoms with Crippen LogP contribution < -0.4 is 4.90 Å². The molecule has 5 heteroatoms. The molecule has 1 aliphatic heterocycles. The zero-order valence-corrected chi connectivity index (χ0v) is 14.3. The Morgan fingerprint density at radius 1 is 1.04 bits per heavy atom. The molecule has 2 heterocycles. The van der Waals surface area contributed by atoms with Crippen LogP contribution in [0.5, 0.6) is 5.75 Å². The van der Waals surface area contributed by atoms with E-state index in [1.54, 1.807) is 6.20 Å². The zero-order valence-electron chi connectivity index (χ0n) is 14.3. The van der Waals surface area contributed by atoms with Crippen molar-refractivity contribution >= 4 is 22.6 Å². The maximum absolute atomic E-state index is 11.0. The highest BCUT2D eigenvalue weighted by molar-refractivity contribution is 5.89. The normalized spacial score (nSPS) is 17.5. The van der Waals surface area contributed by atoms with Crippen molar-refractivity contribution in [2.75, 3.05) is 18.0 Å². The summed E-state index contributed by atoms with van der Waals surface area (Å²) >= 11 is 0. The molecule has 132 valence electrons. The SMILES string of the molecule is O=C(O)C1CN(c2cccc(-n3cc(O)c4cc(C5CC5)ccc43)c2)C1. The van der Waals surface area contributed by atoms with Crippen LogP contribution >= 0.6 is 0 Å². The van der Waals surface area contributed by atoms with Crippen molar-refractivity contribution in [1.82, 2.24) is 4.57 Å². The number of aliphatic carboxylic acids is 1. The Balaban J connectivity index is 1.50. The fourth-order valence-corrected chi connectivity index (χ4v) is 3.80. The molecular formula is C21H20N2O3. The van der Waals surface area contributed by atoms with Crippen LogP contribution in [0, 0.1) is 5.92 Å². The first-order valence-corrected chi connectivity index (χ1v) is 9.02. The standard InChI is InChI=1S/C21H20N2O3/c24-20-12-23(19-7-6-14(8-18(19)20)13-4-5-13)17-3-1-2-16(9-17)22-10-15(11-22)21(25)26/h1-3,6-9,12-13,15,24H,4-5,10-11H2,(H,25,26). The molecule has 2 aromatic carbocycles. The summed E-state index contributed by atoms with van der Waals surface area (Å²) in [5.74, 6) is -0.0666. The molecule has 1 saturated carbocycles. The van der Waals surface area contributed by atoms with Gasteiger partial charge in [0, 0.05) is 29.9 Å². The van der Waals surface area contributed by atoms with Gasteiger partial charge < -0.3 is 19.7 Å². The van der Waals surface area contributed by atoms with Gasteiger partial charge in [0.15, 0.2) is 0 Å². The van der Waals surface area contributed by atoms with Crippen molar-refractivity contribution in [2.24, 2.45) is 5.92 Å². The Labute approximate surface area is 151 Å². The van der Waals surface area contributed by atoms with Crippen molar-refractivity contribution in [3.05, 3.63) is 54.2 Å². The van der Waals surface area contributed by atoms with E-state index in [9.17, 15) is 9.90 Å². The summed E-state index contributed by atoms with van der Waals surface area (Å²) < 4.78 is 2.00. The van der Waals surface area contributed by atoms with Crippen LogP contribution in [0.2, 0.25) is 0 Å². The van der Waals surface area contributed by atoms with Crippen LogP contribution in [0.4, 0.5) is 5.69 Å². The van der Waals surface area contributed by atoms with Crippen LogP contribution in [0.1, 0.15) is 24.3 Å². The molecule has 0 spiro atoms. The molecule has 1 saturated heterocycles. The van der Waals surface area contributed by atoms with E-state index in [-0.39, 0.29) is 5.92 Å². The number of hydrogen-bond donors (Lipinski definition) is 2. The minimum Gasteiger partial charge on any atom is -0.506 e. The fraction of sp³-hybridized carbons (Fsp3) is 0.286. The van der Waals surface area contributed by atoms with Gasteiger partial charge in [-0.1, -0.05) is 12.1 Å². The number of anilines is 1. The highest BCUT2D eigenvalue weighted by Gasteiger charge is 2.32. The average molecular weight is 348 g/mol. The smallest absolute Gasteiger partial charge is 0.310 e. The van der Waals surface area contributed by atoms with Crippen LogP contribution in [-0.2, 0) is 4.79 Å². The van der Waals surface area contributed by atoms with Gasteiger partial charge in [0.05, 0.1) is 17.6 Å². The molecule has 0 unspecified atom stereocenters. The minimum atomic E-state index is -0.731. The molecule has 5 rings (SSSR count). The maximum atomic E-state index is 11.0. The van der Waals surface area contributed by atoms with Crippen molar-refractivity contribution in [1.29, 1.82) is 0 Å². The Bertz CT molecular complexity index is 1010. The van der Waals surface area contributed by atoms with Gasteiger partial charge in [0.25, 0.3) is 0 Å². The van der Waals surface area contributed by atoms with E-state index in [2.05, 4.69) is 23.1 Å². The van der Waals surface area contributed by atoms with Gasteiger partial charge in [-0.3, -0.25) is 4.79 Å². The van der Waals surface area contributed by atoms with E-state index in [4.69, 9.17) is 5.11 Å². The van der Waals surface area contributed by atoms with E-state index in [1.165, 1.54) is 18.4 Å². The van der Waals surface area contributed by atoms with E-state index in [0.717, 1.165) is 22.3 Å². The molecule has 2 aliphatic rings. The molecule has 0 bridgehead atoms. The first-order chi connectivity index (χ1) is 12.6. The predicted molar refractivity (Wildman–Crippen MR) is 100 cm³/mol. The molecular weight excluding hydrogens is 328 g/mol. The summed E-state index contributed by atoms with van der Waals surface area (Å²) in [5.41, 5.74) is 4.26. The van der Waals surface area contributed by atoms with Crippen molar-refractivity contribution in [3.8, 4) is 11.4 Å². The summed E-state index contributed by atoms with van der Waals surface area (Å²) in [6.07, 6.45) is 4.24. The third-order valence-electron chi connectivity index (χ3n) is 5.56. The van der Waals surface area contributed by atoms with E-state index < -0.39 is 5.97 Å². The van der Waals surface area contributed by atoms with E-state index in [1.807, 2.05) is 28.8 Å². The molecule has 0 radical (unpaired) electrons. The van der Waals surface area contributed by atoms with Crippen molar-refractivity contribution < 1.29 is 15.0 Å². The van der Waals surface area contributed by atoms with E-state index >= 15 is 0 Å². The lowest BCUT2D eigenvalue weighted by atomic mass is 9.99. The largest absolute Gasteiger partial charge is 0.506 e. The Morgan fingerprint density at radius 2 is 1.81 bits per heavy atom. The first kappa shape index (κ1) is 15.3. The second-order valence-corrected chi connectivity index (χ2v) is 7.40. The number of aromatic nitrogens is 1. The van der Waals surface area contributed by atoms with Gasteiger partial charge in [0.2, 0.25) is 0 Å². The van der Waals surface area contributed by atoms with Crippen molar-refractivity contribution in [3.63, 3.8) is 0 Å². The molecule has 1 aromatic heterocycles. The summed E-state index contributed by atoms with van der Waals surface area (Å²) in [4.78, 5) is 13.1. The number of benzene rings is 2. The fourth-order valence-electron chi connectivity index (χ4n) is 3.80. The Kier molecular flexibility index (Phi) is 3.26. The van der Waals surface area contributed by atoms with Crippen LogP contribution in [0.3, 0.4) is 0 Å². The second kappa shape index (κ2) is 5.53. The van der Waals surface area contributed by atoms with Crippen LogP contribution in [-0.4, -0.2) is 33.8 Å². The van der Waals surface area contributed by atoms with Gasteiger partial charge in [-0.15, -0.1) is 0 Å². The predicted octanol–water partition coefficient (Wildman–Crippen LogP) is 3.73. The monoisotopic (exact) mass is 348 g/mol. The molecule has 26 heavy (non-hydrogen) atoms. The summed E-state index contributed by atoms with van der Waals surface area (Å²) in [6.45, 7) is 1.09. The number of carboxylic acid groups (broad SMARTS) is 1. The number of carbonyl (C=O) groups is 1.